The quantitative estimate of drug-likeness (QED) is 0.847. The van der Waals surface area contributed by atoms with Crippen LogP contribution in [0.5, 0.6) is 0 Å². The number of nitrogens with zero attached hydrogens (tertiary/aromatic N) is 2. The highest BCUT2D eigenvalue weighted by Gasteiger charge is 2.23. The number of piperidine rings is 1. The van der Waals surface area contributed by atoms with Crippen molar-refractivity contribution in [3.8, 4) is 6.07 Å². The first kappa shape index (κ1) is 14.7. The number of carbonyl (C=O) groups is 1. The predicted octanol–water partition coefficient (Wildman–Crippen LogP) is 3.03. The van der Waals surface area contributed by atoms with E-state index in [0.717, 1.165) is 31.4 Å². The third-order valence-electron chi connectivity index (χ3n) is 3.81. The molecule has 0 N–H and O–H groups in total. The molecule has 0 radical (unpaired) electrons. The Morgan fingerprint density at radius 2 is 2.30 bits per heavy atom. The first-order chi connectivity index (χ1) is 9.60. The molecule has 0 aliphatic carbocycles. The van der Waals surface area contributed by atoms with Crippen molar-refractivity contribution in [2.75, 3.05) is 6.54 Å². The number of Topliss-reactive ketones (excluding diaryl/α,β-unsaturated/α-hetero) is 1. The van der Waals surface area contributed by atoms with Gasteiger partial charge in [0.2, 0.25) is 0 Å². The molecule has 1 aliphatic rings. The van der Waals surface area contributed by atoms with Gasteiger partial charge in [0, 0.05) is 19.0 Å². The number of ketones is 1. The first-order valence-electron chi connectivity index (χ1n) is 7.02. The molecule has 1 atom stereocenters. The van der Waals surface area contributed by atoms with Gasteiger partial charge in [-0.25, -0.2) is 4.39 Å². The number of hydrogen-bond acceptors (Lipinski definition) is 3. The largest absolute Gasteiger partial charge is 0.300 e. The van der Waals surface area contributed by atoms with Crippen LogP contribution >= 0.6 is 0 Å². The van der Waals surface area contributed by atoms with Gasteiger partial charge >= 0.3 is 0 Å². The average molecular weight is 274 g/mol. The molecule has 1 unspecified atom stereocenters. The zero-order valence-corrected chi connectivity index (χ0v) is 11.7. The smallest absolute Gasteiger partial charge is 0.140 e. The van der Waals surface area contributed by atoms with E-state index >= 15 is 0 Å². The Morgan fingerprint density at radius 3 is 3.00 bits per heavy atom. The number of benzene rings is 1. The third-order valence-corrected chi connectivity index (χ3v) is 3.81. The second-order valence-corrected chi connectivity index (χ2v) is 5.45. The fraction of sp³-hybridized carbons (Fsp3) is 0.500. The molecular weight excluding hydrogens is 255 g/mol. The van der Waals surface area contributed by atoms with E-state index in [1.54, 1.807) is 19.1 Å². The normalized spacial score (nSPS) is 19.6. The average Bonchev–Trinajstić information content (AvgIpc) is 2.42. The Kier molecular flexibility index (Phi) is 4.86. The number of nitriles is 1. The molecule has 1 aromatic carbocycles. The highest BCUT2D eigenvalue weighted by atomic mass is 19.1. The highest BCUT2D eigenvalue weighted by Crippen LogP contribution is 2.22. The van der Waals surface area contributed by atoms with Gasteiger partial charge in [-0.1, -0.05) is 12.5 Å². The zero-order valence-electron chi connectivity index (χ0n) is 11.7. The topological polar surface area (TPSA) is 44.1 Å². The fourth-order valence-electron chi connectivity index (χ4n) is 2.82. The molecule has 1 aliphatic heterocycles. The number of likely N-dealkylation sites (tertiary alicyclic amines) is 1. The molecule has 3 nitrogen and oxygen atoms in total. The molecule has 20 heavy (non-hydrogen) atoms. The van der Waals surface area contributed by atoms with Crippen molar-refractivity contribution < 1.29 is 9.18 Å². The Balaban J connectivity index is 2.10. The maximum absolute atomic E-state index is 13.3. The summed E-state index contributed by atoms with van der Waals surface area (Å²) in [6.07, 6.45) is 3.89. The second-order valence-electron chi connectivity index (χ2n) is 5.45. The predicted molar refractivity (Wildman–Crippen MR) is 74.5 cm³/mol. The van der Waals surface area contributed by atoms with Gasteiger partial charge in [-0.3, -0.25) is 9.69 Å². The minimum Gasteiger partial charge on any atom is -0.300 e. The summed E-state index contributed by atoms with van der Waals surface area (Å²) in [5.74, 6) is -0.270. The first-order valence-corrected chi connectivity index (χ1v) is 7.02. The number of hydrogen-bond donors (Lipinski definition) is 0. The van der Waals surface area contributed by atoms with E-state index in [1.165, 1.54) is 6.07 Å². The van der Waals surface area contributed by atoms with E-state index in [-0.39, 0.29) is 17.4 Å². The van der Waals surface area contributed by atoms with Crippen molar-refractivity contribution in [1.29, 1.82) is 5.26 Å². The van der Waals surface area contributed by atoms with Crippen LogP contribution in [0.25, 0.3) is 0 Å². The molecule has 1 aromatic rings. The second kappa shape index (κ2) is 6.62. The van der Waals surface area contributed by atoms with E-state index in [0.29, 0.717) is 13.0 Å². The summed E-state index contributed by atoms with van der Waals surface area (Å²) in [6.45, 7) is 3.25. The molecule has 0 aromatic heterocycles. The summed E-state index contributed by atoms with van der Waals surface area (Å²) in [5.41, 5.74) is 1.01. The lowest BCUT2D eigenvalue weighted by Gasteiger charge is -2.35. The van der Waals surface area contributed by atoms with Gasteiger partial charge in [0.15, 0.2) is 0 Å². The van der Waals surface area contributed by atoms with Crippen LogP contribution in [0, 0.1) is 17.1 Å². The minimum absolute atomic E-state index is 0.0858. The van der Waals surface area contributed by atoms with Crippen LogP contribution in [0.2, 0.25) is 0 Å². The third kappa shape index (κ3) is 3.64. The summed E-state index contributed by atoms with van der Waals surface area (Å²) < 4.78 is 13.3. The zero-order chi connectivity index (χ0) is 14.5. The summed E-state index contributed by atoms with van der Waals surface area (Å²) in [5, 5.41) is 8.87. The van der Waals surface area contributed by atoms with Crippen LogP contribution in [0.3, 0.4) is 0 Å². The number of halogens is 1. The van der Waals surface area contributed by atoms with E-state index in [1.807, 2.05) is 6.07 Å². The van der Waals surface area contributed by atoms with Crippen LogP contribution in [-0.4, -0.2) is 23.3 Å². The molecule has 0 bridgehead atoms. The molecule has 0 saturated carbocycles. The van der Waals surface area contributed by atoms with Crippen LogP contribution in [0.4, 0.5) is 4.39 Å². The van der Waals surface area contributed by atoms with E-state index < -0.39 is 5.82 Å². The van der Waals surface area contributed by atoms with Gasteiger partial charge in [-0.05, 0) is 44.0 Å². The van der Waals surface area contributed by atoms with Crippen molar-refractivity contribution >= 4 is 5.78 Å². The van der Waals surface area contributed by atoms with E-state index in [9.17, 15) is 9.18 Å². The monoisotopic (exact) mass is 274 g/mol. The van der Waals surface area contributed by atoms with Gasteiger partial charge in [0.25, 0.3) is 0 Å². The molecule has 0 amide bonds. The van der Waals surface area contributed by atoms with Crippen LogP contribution in [0.1, 0.15) is 43.7 Å². The highest BCUT2D eigenvalue weighted by molar-refractivity contribution is 5.76. The van der Waals surface area contributed by atoms with Crippen LogP contribution in [-0.2, 0) is 11.3 Å². The fourth-order valence-corrected chi connectivity index (χ4v) is 2.82. The Hall–Kier alpha value is -1.73. The maximum Gasteiger partial charge on any atom is 0.140 e. The van der Waals surface area contributed by atoms with Crippen molar-refractivity contribution in [2.24, 2.45) is 0 Å². The Bertz CT molecular complexity index is 536. The summed E-state index contributed by atoms with van der Waals surface area (Å²) in [6, 6.07) is 6.81. The van der Waals surface area contributed by atoms with Crippen molar-refractivity contribution in [3.05, 3.63) is 35.1 Å². The molecule has 1 heterocycles. The molecule has 2 rings (SSSR count). The molecule has 1 saturated heterocycles. The summed E-state index contributed by atoms with van der Waals surface area (Å²) >= 11 is 0. The lowest BCUT2D eigenvalue weighted by Crippen LogP contribution is -2.40. The van der Waals surface area contributed by atoms with Gasteiger partial charge in [0.1, 0.15) is 17.7 Å². The number of carbonyl (C=O) groups excluding carboxylic acids is 1. The van der Waals surface area contributed by atoms with E-state index in [4.69, 9.17) is 5.26 Å². The SMILES string of the molecule is CC(=O)CC1CCCCN1Cc1ccc(F)c(C#N)c1. The van der Waals surface area contributed by atoms with Gasteiger partial charge in [0.05, 0.1) is 5.56 Å². The molecule has 4 heteroatoms. The lowest BCUT2D eigenvalue weighted by molar-refractivity contribution is -0.118. The Morgan fingerprint density at radius 1 is 1.50 bits per heavy atom. The molecule has 0 spiro atoms. The van der Waals surface area contributed by atoms with Crippen molar-refractivity contribution in [2.45, 2.75) is 45.2 Å². The molecule has 1 fully saturated rings. The number of rotatable bonds is 4. The van der Waals surface area contributed by atoms with E-state index in [2.05, 4.69) is 4.90 Å². The minimum atomic E-state index is -0.477. The van der Waals surface area contributed by atoms with Gasteiger partial charge < -0.3 is 0 Å². The molecular formula is C16H19FN2O. The van der Waals surface area contributed by atoms with Crippen molar-refractivity contribution in [3.63, 3.8) is 0 Å². The Labute approximate surface area is 119 Å². The summed E-state index contributed by atoms with van der Waals surface area (Å²) in [7, 11) is 0. The molecule has 106 valence electrons. The van der Waals surface area contributed by atoms with Crippen molar-refractivity contribution in [1.82, 2.24) is 4.90 Å². The maximum atomic E-state index is 13.3. The van der Waals surface area contributed by atoms with Crippen LogP contribution in [0.15, 0.2) is 18.2 Å². The standard InChI is InChI=1S/C16H19FN2O/c1-12(20)8-15-4-2-3-7-19(15)11-13-5-6-16(17)14(9-13)10-18/h5-6,9,15H,2-4,7-8,11H2,1H3. The lowest BCUT2D eigenvalue weighted by atomic mass is 9.97. The summed E-state index contributed by atoms with van der Waals surface area (Å²) in [4.78, 5) is 13.6. The van der Waals surface area contributed by atoms with Crippen LogP contribution < -0.4 is 0 Å². The van der Waals surface area contributed by atoms with Gasteiger partial charge in [-0.15, -0.1) is 0 Å². The van der Waals surface area contributed by atoms with Gasteiger partial charge in [-0.2, -0.15) is 5.26 Å².